The van der Waals surface area contributed by atoms with Crippen LogP contribution < -0.4 is 5.32 Å². The molecule has 0 radical (unpaired) electrons. The highest BCUT2D eigenvalue weighted by Crippen LogP contribution is 2.21. The number of nitrogens with zero attached hydrogens (tertiary/aromatic N) is 1. The Bertz CT molecular complexity index is 1100. The first-order valence-corrected chi connectivity index (χ1v) is 13.7. The molecule has 0 saturated heterocycles. The molecule has 0 aliphatic heterocycles. The molecule has 0 fully saturated rings. The maximum Gasteiger partial charge on any atom is 0.243 e. The van der Waals surface area contributed by atoms with Crippen molar-refractivity contribution in [3.05, 3.63) is 101 Å². The van der Waals surface area contributed by atoms with Gasteiger partial charge in [0.2, 0.25) is 11.8 Å². The third-order valence-corrected chi connectivity index (χ3v) is 7.05. The van der Waals surface area contributed by atoms with Crippen molar-refractivity contribution in [2.45, 2.75) is 58.0 Å². The summed E-state index contributed by atoms with van der Waals surface area (Å²) in [6, 6.07) is 25.9. The molecule has 5 heteroatoms. The predicted octanol–water partition coefficient (Wildman–Crippen LogP) is 6.20. The minimum Gasteiger partial charge on any atom is -0.354 e. The third kappa shape index (κ3) is 8.87. The van der Waals surface area contributed by atoms with E-state index in [1.165, 1.54) is 11.1 Å². The van der Waals surface area contributed by atoms with E-state index >= 15 is 0 Å². The zero-order valence-electron chi connectivity index (χ0n) is 21.9. The van der Waals surface area contributed by atoms with Crippen LogP contribution in [0.15, 0.2) is 83.8 Å². The van der Waals surface area contributed by atoms with Crippen molar-refractivity contribution in [2.75, 3.05) is 12.3 Å². The Morgan fingerprint density at radius 1 is 0.833 bits per heavy atom. The Labute approximate surface area is 220 Å². The number of hydrogen-bond acceptors (Lipinski definition) is 3. The van der Waals surface area contributed by atoms with Crippen molar-refractivity contribution >= 4 is 23.6 Å². The van der Waals surface area contributed by atoms with Gasteiger partial charge >= 0.3 is 0 Å². The van der Waals surface area contributed by atoms with E-state index in [-0.39, 0.29) is 11.8 Å². The number of aryl methyl sites for hydroxylation is 2. The number of carbonyl (C=O) groups excluding carboxylic acids is 2. The van der Waals surface area contributed by atoms with Gasteiger partial charge in [0.25, 0.3) is 0 Å². The lowest BCUT2D eigenvalue weighted by Gasteiger charge is -2.32. The smallest absolute Gasteiger partial charge is 0.243 e. The molecule has 0 saturated carbocycles. The highest BCUT2D eigenvalue weighted by atomic mass is 32.2. The largest absolute Gasteiger partial charge is 0.354 e. The van der Waals surface area contributed by atoms with Crippen molar-refractivity contribution < 1.29 is 9.59 Å². The fourth-order valence-corrected chi connectivity index (χ4v) is 4.74. The molecule has 1 atom stereocenters. The van der Waals surface area contributed by atoms with Crippen LogP contribution in [-0.4, -0.2) is 35.1 Å². The van der Waals surface area contributed by atoms with Gasteiger partial charge in [-0.3, -0.25) is 9.59 Å². The Balaban J connectivity index is 1.82. The molecule has 0 aliphatic carbocycles. The first kappa shape index (κ1) is 27.5. The summed E-state index contributed by atoms with van der Waals surface area (Å²) in [5.74, 6) is 0.895. The van der Waals surface area contributed by atoms with E-state index in [1.54, 1.807) is 16.7 Å². The van der Waals surface area contributed by atoms with Crippen LogP contribution in [0.3, 0.4) is 0 Å². The van der Waals surface area contributed by atoms with E-state index in [4.69, 9.17) is 0 Å². The monoisotopic (exact) mass is 502 g/mol. The highest BCUT2D eigenvalue weighted by molar-refractivity contribution is 7.99. The van der Waals surface area contributed by atoms with Gasteiger partial charge in [0, 0.05) is 36.6 Å². The lowest BCUT2D eigenvalue weighted by molar-refractivity contribution is -0.141. The molecule has 0 aromatic heterocycles. The van der Waals surface area contributed by atoms with Gasteiger partial charge in [0.1, 0.15) is 6.04 Å². The van der Waals surface area contributed by atoms with E-state index in [9.17, 15) is 9.59 Å². The minimum atomic E-state index is -0.579. The molecule has 3 aromatic rings. The highest BCUT2D eigenvalue weighted by Gasteiger charge is 2.30. The summed E-state index contributed by atoms with van der Waals surface area (Å²) in [6.45, 7) is 9.25. The summed E-state index contributed by atoms with van der Waals surface area (Å²) < 4.78 is 0. The molecule has 0 unspecified atom stereocenters. The Morgan fingerprint density at radius 3 is 2.06 bits per heavy atom. The average molecular weight is 503 g/mol. The molecule has 0 aliphatic rings. The topological polar surface area (TPSA) is 49.4 Å². The van der Waals surface area contributed by atoms with Gasteiger partial charge in [-0.2, -0.15) is 0 Å². The van der Waals surface area contributed by atoms with Crippen molar-refractivity contribution in [1.82, 2.24) is 10.2 Å². The molecule has 4 nitrogen and oxygen atoms in total. The van der Waals surface area contributed by atoms with Crippen LogP contribution in [0.1, 0.15) is 42.5 Å². The molecular formula is C31H38N2O2S. The number of benzene rings is 3. The van der Waals surface area contributed by atoms with E-state index < -0.39 is 6.04 Å². The maximum absolute atomic E-state index is 13.7. The van der Waals surface area contributed by atoms with Crippen molar-refractivity contribution in [1.29, 1.82) is 0 Å². The lowest BCUT2D eigenvalue weighted by Crippen LogP contribution is -2.51. The van der Waals surface area contributed by atoms with Gasteiger partial charge in [0.05, 0.1) is 0 Å². The quantitative estimate of drug-likeness (QED) is 0.300. The minimum absolute atomic E-state index is 0.00388. The number of thioether (sulfide) groups is 1. The van der Waals surface area contributed by atoms with Gasteiger partial charge in [-0.05, 0) is 43.0 Å². The zero-order chi connectivity index (χ0) is 25.9. The summed E-state index contributed by atoms with van der Waals surface area (Å²) in [5, 5.41) is 3.08. The Hall–Kier alpha value is -3.05. The normalized spacial score (nSPS) is 11.8. The van der Waals surface area contributed by atoms with Crippen molar-refractivity contribution in [2.24, 2.45) is 5.92 Å². The van der Waals surface area contributed by atoms with Gasteiger partial charge < -0.3 is 10.2 Å². The van der Waals surface area contributed by atoms with Crippen LogP contribution in [0.25, 0.3) is 0 Å². The second-order valence-corrected chi connectivity index (χ2v) is 10.9. The second kappa shape index (κ2) is 13.9. The van der Waals surface area contributed by atoms with Crippen LogP contribution in [0.5, 0.6) is 0 Å². The fourth-order valence-electron chi connectivity index (χ4n) is 3.90. The van der Waals surface area contributed by atoms with Crippen LogP contribution in [0.2, 0.25) is 0 Å². The molecule has 36 heavy (non-hydrogen) atoms. The number of carbonyl (C=O) groups is 2. The number of hydrogen-bond donors (Lipinski definition) is 1. The van der Waals surface area contributed by atoms with E-state index in [0.29, 0.717) is 37.6 Å². The van der Waals surface area contributed by atoms with E-state index in [2.05, 4.69) is 62.5 Å². The van der Waals surface area contributed by atoms with E-state index in [1.807, 2.05) is 49.4 Å². The molecule has 0 heterocycles. The van der Waals surface area contributed by atoms with Gasteiger partial charge in [-0.25, -0.2) is 0 Å². The maximum atomic E-state index is 13.7. The number of nitrogens with one attached hydrogen (secondary N) is 1. The van der Waals surface area contributed by atoms with Gasteiger partial charge in [0.15, 0.2) is 0 Å². The van der Waals surface area contributed by atoms with Crippen molar-refractivity contribution in [3.8, 4) is 0 Å². The molecule has 1 N–H and O–H groups in total. The lowest BCUT2D eigenvalue weighted by atomic mass is 10.0. The van der Waals surface area contributed by atoms with Gasteiger partial charge in [-0.1, -0.05) is 91.7 Å². The predicted molar refractivity (Wildman–Crippen MR) is 150 cm³/mol. The van der Waals surface area contributed by atoms with Crippen LogP contribution >= 0.6 is 11.8 Å². The summed E-state index contributed by atoms with van der Waals surface area (Å²) in [4.78, 5) is 30.1. The van der Waals surface area contributed by atoms with Crippen LogP contribution in [0, 0.1) is 19.8 Å². The summed E-state index contributed by atoms with van der Waals surface area (Å²) >= 11 is 1.67. The zero-order valence-corrected chi connectivity index (χ0v) is 22.7. The average Bonchev–Trinajstić information content (AvgIpc) is 2.87. The standard InChI is InChI=1S/C31H38N2O2S/c1-23(2)21-32-31(35)29(20-26-8-6-5-7-9-26)33(22-27-14-10-24(3)11-15-27)30(34)18-19-36-28-16-12-25(4)13-17-28/h5-17,23,29H,18-22H2,1-4H3,(H,32,35)/t29-/m1/s1. The fraction of sp³-hybridized carbons (Fsp3) is 0.355. The third-order valence-electron chi connectivity index (χ3n) is 6.03. The summed E-state index contributed by atoms with van der Waals surface area (Å²) in [5.41, 5.74) is 4.45. The van der Waals surface area contributed by atoms with Gasteiger partial charge in [-0.15, -0.1) is 11.8 Å². The van der Waals surface area contributed by atoms with Crippen LogP contribution in [-0.2, 0) is 22.6 Å². The number of amides is 2. The Kier molecular flexibility index (Phi) is 10.6. The summed E-state index contributed by atoms with van der Waals surface area (Å²) in [6.07, 6.45) is 0.848. The van der Waals surface area contributed by atoms with E-state index in [0.717, 1.165) is 16.0 Å². The molecule has 0 bridgehead atoms. The molecule has 3 aromatic carbocycles. The molecular weight excluding hydrogens is 464 g/mol. The molecule has 3 rings (SSSR count). The number of rotatable bonds is 12. The first-order chi connectivity index (χ1) is 17.3. The van der Waals surface area contributed by atoms with Crippen molar-refractivity contribution in [3.63, 3.8) is 0 Å². The Morgan fingerprint density at radius 2 is 1.44 bits per heavy atom. The molecule has 190 valence electrons. The van der Waals surface area contributed by atoms with Crippen LogP contribution in [0.4, 0.5) is 0 Å². The SMILES string of the molecule is Cc1ccc(CN(C(=O)CCSc2ccc(C)cc2)[C@H](Cc2ccccc2)C(=O)NCC(C)C)cc1. The molecule has 0 spiro atoms. The molecule has 2 amide bonds. The summed E-state index contributed by atoms with van der Waals surface area (Å²) in [7, 11) is 0. The second-order valence-electron chi connectivity index (χ2n) is 9.76. The first-order valence-electron chi connectivity index (χ1n) is 12.7.